The van der Waals surface area contributed by atoms with Crippen molar-refractivity contribution in [3.63, 3.8) is 0 Å². The summed E-state index contributed by atoms with van der Waals surface area (Å²) in [6, 6.07) is 9.45. The zero-order chi connectivity index (χ0) is 17.6. The third-order valence-corrected chi connectivity index (χ3v) is 6.03. The van der Waals surface area contributed by atoms with E-state index in [1.165, 1.54) is 22.2 Å². The van der Waals surface area contributed by atoms with Gasteiger partial charge in [-0.15, -0.1) is 11.3 Å². The lowest BCUT2D eigenvalue weighted by atomic mass is 10.1. The number of rotatable bonds is 3. The Kier molecular flexibility index (Phi) is 4.38. The molecule has 5 nitrogen and oxygen atoms in total. The standard InChI is InChI=1S/C17H11ClIN3O2S/c18-10-5-9(6-19)16(23)15-14(10)17(24)22(8-20-15)7-13-21-11-3-1-2-4-12(11)25-13/h1-5,8,23H,6-7H2. The highest BCUT2D eigenvalue weighted by Gasteiger charge is 2.16. The molecule has 0 saturated carbocycles. The summed E-state index contributed by atoms with van der Waals surface area (Å²) in [5, 5.41) is 11.6. The van der Waals surface area contributed by atoms with Gasteiger partial charge in [-0.3, -0.25) is 9.36 Å². The Labute approximate surface area is 165 Å². The van der Waals surface area contributed by atoms with Crippen LogP contribution in [0.5, 0.6) is 5.75 Å². The number of hydrogen-bond acceptors (Lipinski definition) is 5. The largest absolute Gasteiger partial charge is 0.505 e. The number of thiazole rings is 1. The second-order valence-electron chi connectivity index (χ2n) is 5.48. The van der Waals surface area contributed by atoms with Crippen molar-refractivity contribution in [2.45, 2.75) is 11.0 Å². The molecule has 0 spiro atoms. The Hall–Kier alpha value is -1.71. The molecule has 0 radical (unpaired) electrons. The fourth-order valence-electron chi connectivity index (χ4n) is 2.68. The molecule has 0 amide bonds. The summed E-state index contributed by atoms with van der Waals surface area (Å²) in [5.41, 5.74) is 1.52. The molecular weight excluding hydrogens is 473 g/mol. The fourth-order valence-corrected chi connectivity index (χ4v) is 4.53. The summed E-state index contributed by atoms with van der Waals surface area (Å²) in [7, 11) is 0. The van der Waals surface area contributed by atoms with Gasteiger partial charge >= 0.3 is 0 Å². The molecule has 4 aromatic rings. The number of nitrogens with zero attached hydrogens (tertiary/aromatic N) is 3. The summed E-state index contributed by atoms with van der Waals surface area (Å²) in [6.45, 7) is 0.312. The van der Waals surface area contributed by atoms with Gasteiger partial charge in [-0.05, 0) is 18.2 Å². The van der Waals surface area contributed by atoms with Gasteiger partial charge in [0, 0.05) is 9.99 Å². The lowest BCUT2D eigenvalue weighted by Gasteiger charge is -2.09. The first-order valence-corrected chi connectivity index (χ1v) is 10.1. The number of phenols is 1. The Balaban J connectivity index is 1.84. The van der Waals surface area contributed by atoms with Crippen LogP contribution in [0.4, 0.5) is 0 Å². The lowest BCUT2D eigenvalue weighted by molar-refractivity contribution is 0.475. The van der Waals surface area contributed by atoms with Crippen LogP contribution < -0.4 is 5.56 Å². The van der Waals surface area contributed by atoms with E-state index >= 15 is 0 Å². The molecule has 0 aliphatic rings. The summed E-state index contributed by atoms with van der Waals surface area (Å²) in [4.78, 5) is 21.6. The van der Waals surface area contributed by atoms with E-state index in [1.54, 1.807) is 6.07 Å². The second kappa shape index (κ2) is 6.54. The maximum Gasteiger partial charge on any atom is 0.263 e. The highest BCUT2D eigenvalue weighted by molar-refractivity contribution is 14.1. The average molecular weight is 484 g/mol. The first kappa shape index (κ1) is 16.7. The molecule has 126 valence electrons. The normalized spacial score (nSPS) is 11.4. The van der Waals surface area contributed by atoms with Gasteiger partial charge in [0.2, 0.25) is 0 Å². The van der Waals surface area contributed by atoms with Crippen molar-refractivity contribution in [2.75, 3.05) is 0 Å². The third kappa shape index (κ3) is 2.90. The number of halogens is 2. The van der Waals surface area contributed by atoms with Crippen LogP contribution in [-0.2, 0) is 11.0 Å². The topological polar surface area (TPSA) is 68.0 Å². The maximum absolute atomic E-state index is 12.8. The Morgan fingerprint density at radius 1 is 1.32 bits per heavy atom. The number of alkyl halides is 1. The van der Waals surface area contributed by atoms with E-state index in [4.69, 9.17) is 11.6 Å². The molecule has 0 aliphatic carbocycles. The van der Waals surface area contributed by atoms with E-state index in [0.717, 1.165) is 15.2 Å². The molecule has 2 aromatic heterocycles. The van der Waals surface area contributed by atoms with E-state index in [1.807, 2.05) is 24.3 Å². The van der Waals surface area contributed by atoms with Crippen molar-refractivity contribution in [1.82, 2.24) is 14.5 Å². The molecule has 0 unspecified atom stereocenters. The van der Waals surface area contributed by atoms with E-state index < -0.39 is 0 Å². The Bertz CT molecular complexity index is 1140. The van der Waals surface area contributed by atoms with Crippen LogP contribution in [0.25, 0.3) is 21.1 Å². The zero-order valence-electron chi connectivity index (χ0n) is 12.7. The monoisotopic (exact) mass is 483 g/mol. The van der Waals surface area contributed by atoms with Crippen LogP contribution in [0.1, 0.15) is 10.6 Å². The molecule has 2 heterocycles. The minimum absolute atomic E-state index is 0.0121. The van der Waals surface area contributed by atoms with Gasteiger partial charge in [0.25, 0.3) is 5.56 Å². The Morgan fingerprint density at radius 3 is 2.88 bits per heavy atom. The van der Waals surface area contributed by atoms with Crippen molar-refractivity contribution >= 4 is 66.6 Å². The van der Waals surface area contributed by atoms with Gasteiger partial charge in [0.1, 0.15) is 16.3 Å². The quantitative estimate of drug-likeness (QED) is 0.348. The smallest absolute Gasteiger partial charge is 0.263 e. The predicted molar refractivity (Wildman–Crippen MR) is 109 cm³/mol. The molecule has 0 bridgehead atoms. The van der Waals surface area contributed by atoms with Crippen molar-refractivity contribution < 1.29 is 5.11 Å². The highest BCUT2D eigenvalue weighted by atomic mass is 127. The summed E-state index contributed by atoms with van der Waals surface area (Å²) in [6.07, 6.45) is 1.43. The molecule has 4 rings (SSSR count). The number of fused-ring (bicyclic) bond motifs is 2. The van der Waals surface area contributed by atoms with E-state index in [0.29, 0.717) is 21.6 Å². The minimum Gasteiger partial charge on any atom is -0.505 e. The highest BCUT2D eigenvalue weighted by Crippen LogP contribution is 2.32. The summed E-state index contributed by atoms with van der Waals surface area (Å²) >= 11 is 9.94. The van der Waals surface area contributed by atoms with Crippen molar-refractivity contribution in [3.05, 3.63) is 62.6 Å². The van der Waals surface area contributed by atoms with Gasteiger partial charge in [-0.2, -0.15) is 0 Å². The van der Waals surface area contributed by atoms with Crippen molar-refractivity contribution in [3.8, 4) is 5.75 Å². The minimum atomic E-state index is -0.287. The average Bonchev–Trinajstić information content (AvgIpc) is 3.02. The molecule has 25 heavy (non-hydrogen) atoms. The molecule has 8 heteroatoms. The fraction of sp³-hybridized carbons (Fsp3) is 0.118. The van der Waals surface area contributed by atoms with Gasteiger partial charge in [-0.25, -0.2) is 9.97 Å². The SMILES string of the molecule is O=c1c2c(Cl)cc(CI)c(O)c2ncn1Cc1nc2ccccc2s1. The summed E-state index contributed by atoms with van der Waals surface area (Å²) < 4.78 is 3.12. The predicted octanol–water partition coefficient (Wildman–Crippen LogP) is 4.35. The molecular formula is C17H11ClIN3O2S. The molecule has 1 N–H and O–H groups in total. The molecule has 0 saturated heterocycles. The third-order valence-electron chi connectivity index (χ3n) is 3.89. The van der Waals surface area contributed by atoms with Crippen LogP contribution in [0.15, 0.2) is 41.5 Å². The second-order valence-corrected chi connectivity index (χ2v) is 7.76. The number of para-hydroxylation sites is 1. The van der Waals surface area contributed by atoms with E-state index in [9.17, 15) is 9.90 Å². The van der Waals surface area contributed by atoms with Gasteiger partial charge in [0.15, 0.2) is 0 Å². The van der Waals surface area contributed by atoms with E-state index in [2.05, 4.69) is 32.6 Å². The van der Waals surface area contributed by atoms with Gasteiger partial charge < -0.3 is 5.11 Å². The lowest BCUT2D eigenvalue weighted by Crippen LogP contribution is -2.21. The molecule has 0 atom stereocenters. The number of benzene rings is 2. The maximum atomic E-state index is 12.8. The number of hydrogen-bond donors (Lipinski definition) is 1. The number of aromatic nitrogens is 3. The van der Waals surface area contributed by atoms with Gasteiger partial charge in [0.05, 0.1) is 33.5 Å². The van der Waals surface area contributed by atoms with Crippen LogP contribution in [0.3, 0.4) is 0 Å². The van der Waals surface area contributed by atoms with Crippen molar-refractivity contribution in [2.24, 2.45) is 0 Å². The Morgan fingerprint density at radius 2 is 2.12 bits per heavy atom. The first-order valence-electron chi connectivity index (χ1n) is 7.38. The molecule has 0 fully saturated rings. The van der Waals surface area contributed by atoms with E-state index in [-0.39, 0.29) is 22.2 Å². The summed E-state index contributed by atoms with van der Waals surface area (Å²) in [5.74, 6) is 0.0121. The van der Waals surface area contributed by atoms with Crippen LogP contribution in [-0.4, -0.2) is 19.6 Å². The first-order chi connectivity index (χ1) is 12.1. The van der Waals surface area contributed by atoms with Crippen LogP contribution in [0.2, 0.25) is 5.02 Å². The van der Waals surface area contributed by atoms with Crippen LogP contribution >= 0.6 is 45.5 Å². The van der Waals surface area contributed by atoms with Crippen LogP contribution in [0, 0.1) is 0 Å². The van der Waals surface area contributed by atoms with Crippen molar-refractivity contribution in [1.29, 1.82) is 0 Å². The number of aromatic hydroxyl groups is 1. The number of phenolic OH excluding ortho intramolecular Hbond substituents is 1. The molecule has 0 aliphatic heterocycles. The molecule has 2 aromatic carbocycles. The zero-order valence-corrected chi connectivity index (χ0v) is 16.5. The van der Waals surface area contributed by atoms with Gasteiger partial charge in [-0.1, -0.05) is 46.3 Å².